The molecule has 1 aliphatic heterocycles. The van der Waals surface area contributed by atoms with E-state index < -0.39 is 18.3 Å². The van der Waals surface area contributed by atoms with Gasteiger partial charge in [0.1, 0.15) is 5.16 Å². The molecule has 1 aromatic carbocycles. The van der Waals surface area contributed by atoms with Crippen molar-refractivity contribution in [2.24, 2.45) is 5.92 Å². The quantitative estimate of drug-likeness (QED) is 0.500. The number of hydrogen-bond acceptors (Lipinski definition) is 2. The second-order valence-electron chi connectivity index (χ2n) is 6.57. The summed E-state index contributed by atoms with van der Waals surface area (Å²) >= 11 is 6.10. The molecule has 1 atom stereocenters. The molecule has 1 saturated carbocycles. The predicted molar refractivity (Wildman–Crippen MR) is 86.3 cm³/mol. The summed E-state index contributed by atoms with van der Waals surface area (Å²) in [7, 11) is 0. The highest BCUT2D eigenvalue weighted by Gasteiger charge is 2.51. The van der Waals surface area contributed by atoms with Crippen LogP contribution in [-0.2, 0) is 0 Å². The van der Waals surface area contributed by atoms with Crippen molar-refractivity contribution in [3.8, 4) is 0 Å². The fraction of sp³-hybridized carbons (Fsp3) is 0.529. The van der Waals surface area contributed by atoms with Gasteiger partial charge in [0.05, 0.1) is 0 Å². The number of halogens is 6. The van der Waals surface area contributed by atoms with Gasteiger partial charge in [-0.2, -0.15) is 13.2 Å². The Balaban J connectivity index is 1.80. The summed E-state index contributed by atoms with van der Waals surface area (Å²) in [5, 5.41) is -0.0327. The first-order chi connectivity index (χ1) is 11.7. The number of para-hydroxylation sites is 1. The van der Waals surface area contributed by atoms with E-state index in [4.69, 9.17) is 11.6 Å². The Morgan fingerprint density at radius 1 is 1.08 bits per heavy atom. The highest BCUT2D eigenvalue weighted by Crippen LogP contribution is 2.42. The van der Waals surface area contributed by atoms with Crippen LogP contribution >= 0.6 is 11.6 Å². The molecule has 1 heterocycles. The Bertz CT molecular complexity index is 622. The van der Waals surface area contributed by atoms with Crippen molar-refractivity contribution < 1.29 is 22.0 Å². The topological polar surface area (TPSA) is 6.48 Å². The van der Waals surface area contributed by atoms with Gasteiger partial charge in [-0.3, -0.25) is 0 Å². The van der Waals surface area contributed by atoms with Crippen molar-refractivity contribution in [3.05, 3.63) is 41.7 Å². The first-order valence-electron chi connectivity index (χ1n) is 8.09. The van der Waals surface area contributed by atoms with Crippen LogP contribution in [-0.4, -0.2) is 29.7 Å². The lowest BCUT2D eigenvalue weighted by molar-refractivity contribution is -0.174. The molecule has 1 fully saturated rings. The van der Waals surface area contributed by atoms with Crippen molar-refractivity contribution in [1.29, 1.82) is 0 Å². The van der Waals surface area contributed by atoms with Crippen LogP contribution in [0.5, 0.6) is 0 Å². The molecule has 0 aromatic heterocycles. The van der Waals surface area contributed by atoms with E-state index in [9.17, 15) is 22.0 Å². The molecule has 0 bridgehead atoms. The molecule has 25 heavy (non-hydrogen) atoms. The van der Waals surface area contributed by atoms with Crippen LogP contribution in [0.15, 0.2) is 41.7 Å². The summed E-state index contributed by atoms with van der Waals surface area (Å²) in [6, 6.07) is 8.09. The molecule has 1 unspecified atom stereocenters. The molecule has 138 valence electrons. The van der Waals surface area contributed by atoms with Gasteiger partial charge in [-0.15, -0.1) is 0 Å². The second kappa shape index (κ2) is 6.67. The largest absolute Gasteiger partial charge is 0.427 e. The molecule has 0 spiro atoms. The van der Waals surface area contributed by atoms with E-state index >= 15 is 0 Å². The van der Waals surface area contributed by atoms with Crippen LogP contribution in [0.1, 0.15) is 25.7 Å². The average Bonchev–Trinajstić information content (AvgIpc) is 2.86. The zero-order valence-corrected chi connectivity index (χ0v) is 14.1. The van der Waals surface area contributed by atoms with Crippen LogP contribution in [0.2, 0.25) is 0 Å². The zero-order valence-electron chi connectivity index (χ0n) is 13.3. The molecule has 1 aromatic rings. The number of benzene rings is 1. The van der Waals surface area contributed by atoms with E-state index in [1.165, 1.54) is 6.20 Å². The highest BCUT2D eigenvalue weighted by atomic mass is 35.5. The summed E-state index contributed by atoms with van der Waals surface area (Å²) in [5.74, 6) is -2.91. The predicted octanol–water partition coefficient (Wildman–Crippen LogP) is 5.56. The monoisotopic (exact) mass is 380 g/mol. The Morgan fingerprint density at radius 3 is 2.24 bits per heavy atom. The van der Waals surface area contributed by atoms with Gasteiger partial charge >= 0.3 is 6.18 Å². The number of nitrogens with zero attached hydrogens (tertiary/aromatic N) is 2. The van der Waals surface area contributed by atoms with E-state index in [-0.39, 0.29) is 43.3 Å². The zero-order chi connectivity index (χ0) is 18.2. The summed E-state index contributed by atoms with van der Waals surface area (Å²) < 4.78 is 67.6. The van der Waals surface area contributed by atoms with Gasteiger partial charge in [0, 0.05) is 31.3 Å². The molecule has 8 heteroatoms. The first kappa shape index (κ1) is 18.3. The third kappa shape index (κ3) is 4.02. The molecule has 0 amide bonds. The Labute approximate surface area is 147 Å². The Hall–Kier alpha value is -1.50. The molecule has 1 aliphatic carbocycles. The summed E-state index contributed by atoms with van der Waals surface area (Å²) in [6.45, 7) is 0.0554. The van der Waals surface area contributed by atoms with Crippen LogP contribution < -0.4 is 4.90 Å². The first-order valence-corrected chi connectivity index (χ1v) is 8.47. The number of anilines is 1. The smallest absolute Gasteiger partial charge is 0.347 e. The minimum absolute atomic E-state index is 0.0327. The standard InChI is InChI=1S/C17H18ClF5N2/c18-14-11-24(10-12-6-8-16(19,20)9-7-12)15(17(21,22)23)25(14)13-4-2-1-3-5-13/h1-5,11-12,15H,6-10H2. The molecule has 0 N–H and O–H groups in total. The van der Waals surface area contributed by atoms with Crippen LogP contribution in [0.25, 0.3) is 0 Å². The Morgan fingerprint density at radius 2 is 1.68 bits per heavy atom. The summed E-state index contributed by atoms with van der Waals surface area (Å²) in [5.41, 5.74) is 0.337. The third-order valence-corrected chi connectivity index (χ3v) is 4.97. The van der Waals surface area contributed by atoms with Crippen molar-refractivity contribution in [1.82, 2.24) is 4.90 Å². The molecular formula is C17H18ClF5N2. The molecule has 3 rings (SSSR count). The number of alkyl halides is 5. The fourth-order valence-electron chi connectivity index (χ4n) is 3.46. The fourth-order valence-corrected chi connectivity index (χ4v) is 3.77. The van der Waals surface area contributed by atoms with Gasteiger partial charge in [0.25, 0.3) is 0 Å². The van der Waals surface area contributed by atoms with Gasteiger partial charge < -0.3 is 9.80 Å². The lowest BCUT2D eigenvalue weighted by Gasteiger charge is -2.37. The maximum absolute atomic E-state index is 13.7. The molecule has 0 saturated heterocycles. The molecule has 2 nitrogen and oxygen atoms in total. The van der Waals surface area contributed by atoms with Crippen molar-refractivity contribution in [3.63, 3.8) is 0 Å². The Kier molecular flexibility index (Phi) is 4.88. The van der Waals surface area contributed by atoms with Crippen LogP contribution in [0.3, 0.4) is 0 Å². The molecular weight excluding hydrogens is 363 g/mol. The number of hydrogen-bond donors (Lipinski definition) is 0. The lowest BCUT2D eigenvalue weighted by atomic mass is 9.86. The van der Waals surface area contributed by atoms with E-state index in [0.717, 1.165) is 9.80 Å². The average molecular weight is 381 g/mol. The van der Waals surface area contributed by atoms with Crippen molar-refractivity contribution >= 4 is 17.3 Å². The van der Waals surface area contributed by atoms with E-state index in [1.807, 2.05) is 0 Å². The van der Waals surface area contributed by atoms with Crippen LogP contribution in [0, 0.1) is 5.92 Å². The number of rotatable bonds is 3. The maximum Gasteiger partial charge on any atom is 0.427 e. The summed E-state index contributed by atoms with van der Waals surface area (Å²) in [4.78, 5) is 2.16. The van der Waals surface area contributed by atoms with Gasteiger partial charge in [-0.1, -0.05) is 29.8 Å². The molecule has 2 aliphatic rings. The molecule has 0 radical (unpaired) electrons. The van der Waals surface area contributed by atoms with E-state index in [2.05, 4.69) is 0 Å². The second-order valence-corrected chi connectivity index (χ2v) is 6.96. The van der Waals surface area contributed by atoms with E-state index in [0.29, 0.717) is 5.69 Å². The minimum atomic E-state index is -4.54. The lowest BCUT2D eigenvalue weighted by Crippen LogP contribution is -2.51. The minimum Gasteiger partial charge on any atom is -0.347 e. The van der Waals surface area contributed by atoms with Crippen molar-refractivity contribution in [2.45, 2.75) is 43.9 Å². The highest BCUT2D eigenvalue weighted by molar-refractivity contribution is 6.31. The third-order valence-electron chi connectivity index (χ3n) is 4.69. The van der Waals surface area contributed by atoms with Gasteiger partial charge in [-0.25, -0.2) is 8.78 Å². The van der Waals surface area contributed by atoms with Gasteiger partial charge in [0.2, 0.25) is 12.1 Å². The normalized spacial score (nSPS) is 24.6. The maximum atomic E-state index is 13.7. The van der Waals surface area contributed by atoms with Gasteiger partial charge in [-0.05, 0) is 30.9 Å². The SMILES string of the molecule is FC1(F)CCC(CN2C=C(Cl)N(c3ccccc3)C2C(F)(F)F)CC1. The van der Waals surface area contributed by atoms with Gasteiger partial charge in [0.15, 0.2) is 0 Å². The summed E-state index contributed by atoms with van der Waals surface area (Å²) in [6.07, 6.45) is -5.33. The van der Waals surface area contributed by atoms with Crippen LogP contribution in [0.4, 0.5) is 27.6 Å². The van der Waals surface area contributed by atoms with Crippen molar-refractivity contribution in [2.75, 3.05) is 11.4 Å². The van der Waals surface area contributed by atoms with E-state index in [1.54, 1.807) is 30.3 Å².